The van der Waals surface area contributed by atoms with Crippen molar-refractivity contribution in [2.45, 2.75) is 19.3 Å². The van der Waals surface area contributed by atoms with Crippen LogP contribution in [0.5, 0.6) is 0 Å². The Bertz CT molecular complexity index is 1590. The molecular formula is C30H25N3OS2. The van der Waals surface area contributed by atoms with Crippen LogP contribution in [0, 0.1) is 13.8 Å². The van der Waals surface area contributed by atoms with Crippen LogP contribution in [0.2, 0.25) is 0 Å². The van der Waals surface area contributed by atoms with Crippen molar-refractivity contribution in [2.75, 3.05) is 16.5 Å². The molecule has 0 fully saturated rings. The van der Waals surface area contributed by atoms with E-state index in [0.717, 1.165) is 49.5 Å². The number of nitrogens with one attached hydrogen (secondary N) is 1. The van der Waals surface area contributed by atoms with Crippen LogP contribution in [0.3, 0.4) is 0 Å². The number of rotatable bonds is 4. The summed E-state index contributed by atoms with van der Waals surface area (Å²) in [6, 6.07) is 29.0. The molecule has 0 spiro atoms. The fourth-order valence-corrected chi connectivity index (χ4v) is 6.50. The monoisotopic (exact) mass is 507 g/mol. The van der Waals surface area contributed by atoms with Crippen molar-refractivity contribution in [3.63, 3.8) is 0 Å². The van der Waals surface area contributed by atoms with Gasteiger partial charge in [-0.3, -0.25) is 9.69 Å². The zero-order chi connectivity index (χ0) is 24.8. The molecule has 0 aliphatic carbocycles. The van der Waals surface area contributed by atoms with Crippen molar-refractivity contribution in [1.29, 1.82) is 0 Å². The van der Waals surface area contributed by atoms with E-state index in [-0.39, 0.29) is 11.4 Å². The molecule has 178 valence electrons. The second kappa shape index (κ2) is 9.12. The molecule has 0 radical (unpaired) electrons. The molecule has 1 aliphatic heterocycles. The van der Waals surface area contributed by atoms with Gasteiger partial charge in [-0.05, 0) is 48.9 Å². The van der Waals surface area contributed by atoms with Gasteiger partial charge < -0.3 is 5.32 Å². The first-order valence-corrected chi connectivity index (χ1v) is 13.9. The van der Waals surface area contributed by atoms with Gasteiger partial charge in [0, 0.05) is 16.6 Å². The summed E-state index contributed by atoms with van der Waals surface area (Å²) in [6.07, 6.45) is 2.03. The van der Waals surface area contributed by atoms with Gasteiger partial charge in [0.15, 0.2) is 5.50 Å². The Morgan fingerprint density at radius 3 is 2.36 bits per heavy atom. The lowest BCUT2D eigenvalue weighted by Gasteiger charge is -2.36. The molecule has 2 aromatic heterocycles. The summed E-state index contributed by atoms with van der Waals surface area (Å²) in [7, 11) is 0. The Morgan fingerprint density at radius 1 is 0.917 bits per heavy atom. The molecule has 1 unspecified atom stereocenters. The molecule has 1 aliphatic rings. The van der Waals surface area contributed by atoms with Crippen LogP contribution in [0.1, 0.15) is 20.8 Å². The fourth-order valence-electron chi connectivity index (χ4n) is 4.74. The number of anilines is 2. The van der Waals surface area contributed by atoms with Crippen LogP contribution in [0.25, 0.3) is 32.6 Å². The number of para-hydroxylation sites is 1. The van der Waals surface area contributed by atoms with E-state index in [1.807, 2.05) is 48.4 Å². The third-order valence-electron chi connectivity index (χ3n) is 6.61. The number of carbonyl (C=O) groups excluding carboxylic acids is 1. The minimum Gasteiger partial charge on any atom is -0.354 e. The first kappa shape index (κ1) is 22.8. The highest BCUT2D eigenvalue weighted by molar-refractivity contribution is 7.99. The van der Waals surface area contributed by atoms with Gasteiger partial charge in [-0.15, -0.1) is 23.1 Å². The molecule has 36 heavy (non-hydrogen) atoms. The number of benzene rings is 3. The summed E-state index contributed by atoms with van der Waals surface area (Å²) in [5.74, 6) is 0.0105. The number of hydrogen-bond acceptors (Lipinski definition) is 5. The second-order valence-corrected chi connectivity index (χ2v) is 10.9. The van der Waals surface area contributed by atoms with Gasteiger partial charge in [-0.25, -0.2) is 4.98 Å². The normalized spacial score (nSPS) is 15.1. The van der Waals surface area contributed by atoms with E-state index in [9.17, 15) is 4.79 Å². The zero-order valence-electron chi connectivity index (χ0n) is 20.3. The third-order valence-corrected chi connectivity index (χ3v) is 8.45. The van der Waals surface area contributed by atoms with Crippen molar-refractivity contribution in [3.05, 3.63) is 101 Å². The smallest absolute Gasteiger partial charge is 0.272 e. The maximum absolute atomic E-state index is 14.0. The van der Waals surface area contributed by atoms with E-state index >= 15 is 0 Å². The van der Waals surface area contributed by atoms with E-state index < -0.39 is 0 Å². The molecule has 6 heteroatoms. The van der Waals surface area contributed by atoms with Gasteiger partial charge >= 0.3 is 0 Å². The first-order chi connectivity index (χ1) is 17.5. The lowest BCUT2D eigenvalue weighted by atomic mass is 9.99. The lowest BCUT2D eigenvalue weighted by molar-refractivity contribution is 0.0987. The highest BCUT2D eigenvalue weighted by Crippen LogP contribution is 2.47. The van der Waals surface area contributed by atoms with Gasteiger partial charge in [0.1, 0.15) is 9.71 Å². The van der Waals surface area contributed by atoms with Crippen molar-refractivity contribution < 1.29 is 4.79 Å². The van der Waals surface area contributed by atoms with Crippen LogP contribution in [0.4, 0.5) is 11.4 Å². The third kappa shape index (κ3) is 3.77. The number of nitrogens with zero attached hydrogens (tertiary/aromatic N) is 2. The Hall–Kier alpha value is -3.61. The molecule has 0 saturated carbocycles. The number of thioether (sulfide) groups is 1. The number of carbonyl (C=O) groups is 1. The molecule has 0 bridgehead atoms. The molecule has 0 saturated heterocycles. The number of amides is 1. The number of thiophene rings is 1. The predicted molar refractivity (Wildman–Crippen MR) is 154 cm³/mol. The predicted octanol–water partition coefficient (Wildman–Crippen LogP) is 7.97. The van der Waals surface area contributed by atoms with Crippen LogP contribution < -0.4 is 10.2 Å². The average molecular weight is 508 g/mol. The minimum absolute atomic E-state index is 0.0105. The summed E-state index contributed by atoms with van der Waals surface area (Å²) < 4.78 is 0. The topological polar surface area (TPSA) is 45.2 Å². The summed E-state index contributed by atoms with van der Waals surface area (Å²) in [5, 5.41) is 4.70. The van der Waals surface area contributed by atoms with Crippen molar-refractivity contribution in [3.8, 4) is 22.4 Å². The number of aromatic nitrogens is 1. The SMILES string of the molecule is CSC1Nc2c(sc3nc(-c4ccc(C)cc4)cc(-c4ccccc4)c23)C(=O)N1c1ccccc1C. The van der Waals surface area contributed by atoms with Gasteiger partial charge in [0.25, 0.3) is 5.91 Å². The van der Waals surface area contributed by atoms with E-state index in [4.69, 9.17) is 4.98 Å². The zero-order valence-corrected chi connectivity index (χ0v) is 21.9. The van der Waals surface area contributed by atoms with Gasteiger partial charge in [0.2, 0.25) is 0 Å². The fraction of sp³-hybridized carbons (Fsp3) is 0.133. The standard InChI is InChI=1S/C30H25N3OS2/c1-18-13-15-21(16-14-18)23-17-22(20-10-5-4-6-11-20)25-26-27(36-28(25)31-23)29(34)33(30(32-26)35-3)24-12-8-7-9-19(24)2/h4-17,30,32H,1-3H3. The minimum atomic E-state index is -0.218. The Morgan fingerprint density at radius 2 is 1.64 bits per heavy atom. The molecule has 3 heterocycles. The van der Waals surface area contributed by atoms with Gasteiger partial charge in [-0.2, -0.15) is 0 Å². The Labute approximate surface area is 219 Å². The highest BCUT2D eigenvalue weighted by atomic mass is 32.2. The largest absolute Gasteiger partial charge is 0.354 e. The molecule has 1 atom stereocenters. The van der Waals surface area contributed by atoms with Gasteiger partial charge in [0.05, 0.1) is 11.4 Å². The Balaban J connectivity index is 1.59. The number of fused-ring (bicyclic) bond motifs is 3. The summed E-state index contributed by atoms with van der Waals surface area (Å²) in [4.78, 5) is 22.5. The van der Waals surface area contributed by atoms with Gasteiger partial charge in [-0.1, -0.05) is 78.4 Å². The number of pyridine rings is 1. The number of hydrogen-bond donors (Lipinski definition) is 1. The Kier molecular flexibility index (Phi) is 5.78. The van der Waals surface area contributed by atoms with Crippen molar-refractivity contribution in [2.24, 2.45) is 0 Å². The molecule has 3 aromatic carbocycles. The summed E-state index contributed by atoms with van der Waals surface area (Å²) >= 11 is 3.09. The average Bonchev–Trinajstić information content (AvgIpc) is 3.28. The summed E-state index contributed by atoms with van der Waals surface area (Å²) in [6.45, 7) is 4.13. The molecule has 6 rings (SSSR count). The molecule has 1 N–H and O–H groups in total. The van der Waals surface area contributed by atoms with E-state index in [1.165, 1.54) is 16.9 Å². The van der Waals surface area contributed by atoms with Crippen molar-refractivity contribution in [1.82, 2.24) is 4.98 Å². The lowest BCUT2D eigenvalue weighted by Crippen LogP contribution is -2.46. The van der Waals surface area contributed by atoms with E-state index in [2.05, 4.69) is 66.8 Å². The molecule has 4 nitrogen and oxygen atoms in total. The highest BCUT2D eigenvalue weighted by Gasteiger charge is 2.37. The summed E-state index contributed by atoms with van der Waals surface area (Å²) in [5.41, 5.74) is 8.03. The van der Waals surface area contributed by atoms with Crippen LogP contribution in [-0.4, -0.2) is 22.6 Å². The number of aryl methyl sites for hydroxylation is 2. The maximum Gasteiger partial charge on any atom is 0.272 e. The van der Waals surface area contributed by atoms with E-state index in [1.54, 1.807) is 11.8 Å². The molecule has 5 aromatic rings. The quantitative estimate of drug-likeness (QED) is 0.268. The van der Waals surface area contributed by atoms with E-state index in [0.29, 0.717) is 4.88 Å². The van der Waals surface area contributed by atoms with Crippen LogP contribution >= 0.6 is 23.1 Å². The van der Waals surface area contributed by atoms with Crippen LogP contribution in [-0.2, 0) is 0 Å². The molecular weight excluding hydrogens is 482 g/mol. The maximum atomic E-state index is 14.0. The molecule has 1 amide bonds. The van der Waals surface area contributed by atoms with Crippen LogP contribution in [0.15, 0.2) is 84.9 Å². The van der Waals surface area contributed by atoms with Crippen molar-refractivity contribution >= 4 is 50.6 Å². The first-order valence-electron chi connectivity index (χ1n) is 11.8. The second-order valence-electron chi connectivity index (χ2n) is 8.97.